The van der Waals surface area contributed by atoms with E-state index in [1.54, 1.807) is 7.11 Å². The van der Waals surface area contributed by atoms with Crippen LogP contribution in [0.5, 0.6) is 5.75 Å². The van der Waals surface area contributed by atoms with E-state index in [2.05, 4.69) is 32.1 Å². The molecule has 3 aromatic rings. The van der Waals surface area contributed by atoms with Crippen molar-refractivity contribution in [2.75, 3.05) is 18.6 Å². The normalized spacial score (nSPS) is 13.3. The molecule has 0 atom stereocenters. The monoisotopic (exact) mass is 441 g/mol. The number of fused-ring (bicyclic) bond motifs is 1. The van der Waals surface area contributed by atoms with Gasteiger partial charge in [0.1, 0.15) is 5.75 Å². The molecule has 0 saturated heterocycles. The maximum Gasteiger partial charge on any atom is 0.227 e. The molecule has 0 radical (unpaired) electrons. The van der Waals surface area contributed by atoms with Crippen molar-refractivity contribution in [3.63, 3.8) is 0 Å². The number of carbonyl (C=O) groups excluding carboxylic acids is 1. The van der Waals surface area contributed by atoms with E-state index >= 15 is 0 Å². The van der Waals surface area contributed by atoms with Crippen molar-refractivity contribution in [3.05, 3.63) is 58.4 Å². The fraction of sp³-hybridized carbons (Fsp3) is 0.286. The molecule has 0 saturated carbocycles. The van der Waals surface area contributed by atoms with Gasteiger partial charge in [-0.1, -0.05) is 21.1 Å². The van der Waals surface area contributed by atoms with Crippen LogP contribution in [0.15, 0.2) is 51.5 Å². The molecule has 7 heteroatoms. The number of hydrogen-bond donors (Lipinski definition) is 0. The lowest BCUT2D eigenvalue weighted by Gasteiger charge is -2.29. The maximum absolute atomic E-state index is 12.8. The van der Waals surface area contributed by atoms with Crippen molar-refractivity contribution in [1.29, 1.82) is 0 Å². The molecule has 0 fully saturated rings. The van der Waals surface area contributed by atoms with Crippen molar-refractivity contribution < 1.29 is 14.1 Å². The van der Waals surface area contributed by atoms with E-state index in [1.165, 1.54) is 5.56 Å². The van der Waals surface area contributed by atoms with Gasteiger partial charge in [0.2, 0.25) is 17.6 Å². The van der Waals surface area contributed by atoms with Crippen LogP contribution in [0.3, 0.4) is 0 Å². The van der Waals surface area contributed by atoms with Crippen molar-refractivity contribution in [3.8, 4) is 17.1 Å². The number of aromatic nitrogens is 2. The molecule has 1 aliphatic rings. The highest BCUT2D eigenvalue weighted by Crippen LogP contribution is 2.30. The minimum absolute atomic E-state index is 0.0764. The smallest absolute Gasteiger partial charge is 0.227 e. The average molecular weight is 442 g/mol. The second-order valence-electron chi connectivity index (χ2n) is 6.66. The van der Waals surface area contributed by atoms with Crippen LogP contribution in [0, 0.1) is 0 Å². The van der Waals surface area contributed by atoms with Crippen LogP contribution in [-0.2, 0) is 17.6 Å². The van der Waals surface area contributed by atoms with Gasteiger partial charge in [0.05, 0.1) is 7.11 Å². The Balaban J connectivity index is 1.41. The molecule has 0 aliphatic carbocycles. The Bertz CT molecular complexity index is 985. The lowest BCUT2D eigenvalue weighted by atomic mass is 10.0. The zero-order chi connectivity index (χ0) is 19.5. The number of nitrogens with zero attached hydrogens (tertiary/aromatic N) is 3. The molecule has 0 N–H and O–H groups in total. The number of benzene rings is 2. The molecule has 2 aromatic carbocycles. The molecule has 6 nitrogen and oxygen atoms in total. The summed E-state index contributed by atoms with van der Waals surface area (Å²) in [5, 5.41) is 4.02. The topological polar surface area (TPSA) is 68.5 Å². The molecular formula is C21H20BrN3O3. The van der Waals surface area contributed by atoms with Crippen LogP contribution < -0.4 is 9.64 Å². The molecule has 1 aliphatic heterocycles. The second-order valence-corrected chi connectivity index (χ2v) is 7.58. The fourth-order valence-electron chi connectivity index (χ4n) is 3.39. The number of halogens is 1. The Labute approximate surface area is 171 Å². The molecule has 0 bridgehead atoms. The van der Waals surface area contributed by atoms with Gasteiger partial charge in [0.25, 0.3) is 0 Å². The highest BCUT2D eigenvalue weighted by molar-refractivity contribution is 9.10. The zero-order valence-corrected chi connectivity index (χ0v) is 17.1. The van der Waals surface area contributed by atoms with Gasteiger partial charge < -0.3 is 14.2 Å². The molecule has 1 aromatic heterocycles. The summed E-state index contributed by atoms with van der Waals surface area (Å²) in [5.41, 5.74) is 3.05. The van der Waals surface area contributed by atoms with Crippen molar-refractivity contribution in [1.82, 2.24) is 10.1 Å². The molecular weight excluding hydrogens is 422 g/mol. The van der Waals surface area contributed by atoms with Gasteiger partial charge in [-0.3, -0.25) is 4.79 Å². The summed E-state index contributed by atoms with van der Waals surface area (Å²) >= 11 is 3.50. The number of methoxy groups -OCH3 is 1. The minimum Gasteiger partial charge on any atom is -0.497 e. The number of aryl methyl sites for hydroxylation is 2. The molecule has 144 valence electrons. The molecule has 28 heavy (non-hydrogen) atoms. The number of anilines is 1. The summed E-state index contributed by atoms with van der Waals surface area (Å²) < 4.78 is 11.5. The summed E-state index contributed by atoms with van der Waals surface area (Å²) in [5.74, 6) is 1.82. The molecule has 0 unspecified atom stereocenters. The SMILES string of the molecule is COc1ccc(-c2noc(CCC(=O)N3CCCc4cc(Br)ccc43)n2)cc1. The van der Waals surface area contributed by atoms with E-state index in [0.29, 0.717) is 24.6 Å². The first-order valence-electron chi connectivity index (χ1n) is 9.20. The summed E-state index contributed by atoms with van der Waals surface area (Å²) in [6.07, 6.45) is 2.72. The Morgan fingerprint density at radius 2 is 2.07 bits per heavy atom. The third-order valence-electron chi connectivity index (χ3n) is 4.83. The highest BCUT2D eigenvalue weighted by Gasteiger charge is 2.23. The summed E-state index contributed by atoms with van der Waals surface area (Å²) in [6, 6.07) is 13.5. The van der Waals surface area contributed by atoms with Crippen molar-refractivity contribution in [2.45, 2.75) is 25.7 Å². The first-order valence-corrected chi connectivity index (χ1v) is 9.99. The number of ether oxygens (including phenoxy) is 1. The van der Waals surface area contributed by atoms with E-state index in [0.717, 1.165) is 40.9 Å². The van der Waals surface area contributed by atoms with Crippen LogP contribution in [0.1, 0.15) is 24.3 Å². The number of hydrogen-bond acceptors (Lipinski definition) is 5. The summed E-state index contributed by atoms with van der Waals surface area (Å²) in [7, 11) is 1.62. The van der Waals surface area contributed by atoms with E-state index < -0.39 is 0 Å². The van der Waals surface area contributed by atoms with E-state index in [1.807, 2.05) is 41.3 Å². The van der Waals surface area contributed by atoms with Crippen molar-refractivity contribution >= 4 is 27.5 Å². The Kier molecular flexibility index (Phi) is 5.43. The van der Waals surface area contributed by atoms with Gasteiger partial charge in [-0.2, -0.15) is 4.98 Å². The van der Waals surface area contributed by atoms with Gasteiger partial charge >= 0.3 is 0 Å². The third-order valence-corrected chi connectivity index (χ3v) is 5.32. The van der Waals surface area contributed by atoms with Crippen LogP contribution in [0.25, 0.3) is 11.4 Å². The highest BCUT2D eigenvalue weighted by atomic mass is 79.9. The average Bonchev–Trinajstić information content (AvgIpc) is 3.20. The maximum atomic E-state index is 12.8. The number of carbonyl (C=O) groups is 1. The minimum atomic E-state index is 0.0764. The lowest BCUT2D eigenvalue weighted by molar-refractivity contribution is -0.118. The second kappa shape index (κ2) is 8.14. The Morgan fingerprint density at radius 1 is 1.25 bits per heavy atom. The van der Waals surface area contributed by atoms with Gasteiger partial charge in [0.15, 0.2) is 0 Å². The largest absolute Gasteiger partial charge is 0.497 e. The van der Waals surface area contributed by atoms with Gasteiger partial charge in [0, 0.05) is 35.1 Å². The predicted octanol–water partition coefficient (Wildman–Crippen LogP) is 4.42. The van der Waals surface area contributed by atoms with E-state index in [9.17, 15) is 4.79 Å². The fourth-order valence-corrected chi connectivity index (χ4v) is 3.80. The van der Waals surface area contributed by atoms with Crippen LogP contribution in [0.4, 0.5) is 5.69 Å². The van der Waals surface area contributed by atoms with Crippen molar-refractivity contribution in [2.24, 2.45) is 0 Å². The first-order chi connectivity index (χ1) is 13.6. The zero-order valence-electron chi connectivity index (χ0n) is 15.5. The van der Waals surface area contributed by atoms with Gasteiger partial charge in [-0.15, -0.1) is 0 Å². The molecule has 1 amide bonds. The molecule has 0 spiro atoms. The summed E-state index contributed by atoms with van der Waals surface area (Å²) in [4.78, 5) is 19.1. The van der Waals surface area contributed by atoms with Crippen LogP contribution in [-0.4, -0.2) is 29.7 Å². The van der Waals surface area contributed by atoms with Crippen LogP contribution >= 0.6 is 15.9 Å². The molecule has 2 heterocycles. The summed E-state index contributed by atoms with van der Waals surface area (Å²) in [6.45, 7) is 0.744. The van der Waals surface area contributed by atoms with E-state index in [4.69, 9.17) is 9.26 Å². The quantitative estimate of drug-likeness (QED) is 0.585. The standard InChI is InChI=1S/C21H20BrN3O3/c1-27-17-7-4-14(5-8-17)21-23-19(28-24-21)10-11-20(26)25-12-2-3-15-13-16(22)6-9-18(15)25/h4-9,13H,2-3,10-12H2,1H3. The Morgan fingerprint density at radius 3 is 2.86 bits per heavy atom. The Hall–Kier alpha value is -2.67. The number of amides is 1. The third kappa shape index (κ3) is 3.94. The molecule has 4 rings (SSSR count). The first kappa shape index (κ1) is 18.7. The van der Waals surface area contributed by atoms with Crippen LogP contribution in [0.2, 0.25) is 0 Å². The van der Waals surface area contributed by atoms with E-state index in [-0.39, 0.29) is 5.91 Å². The predicted molar refractivity (Wildman–Crippen MR) is 109 cm³/mol. The van der Waals surface area contributed by atoms with Gasteiger partial charge in [-0.05, 0) is 60.9 Å². The lowest BCUT2D eigenvalue weighted by Crippen LogP contribution is -2.35. The number of rotatable bonds is 5. The van der Waals surface area contributed by atoms with Gasteiger partial charge in [-0.25, -0.2) is 0 Å².